The number of hydrogen-bond donors (Lipinski definition) is 7. The summed E-state index contributed by atoms with van der Waals surface area (Å²) in [5.74, 6) is 0. The maximum absolute atomic E-state index is 8.96. The van der Waals surface area contributed by atoms with E-state index >= 15 is 0 Å². The summed E-state index contributed by atoms with van der Waals surface area (Å²) in [4.78, 5) is 4.31. The Bertz CT molecular complexity index is 509. The minimum atomic E-state index is -2.17. The standard InChI is InChI=1S/2C20H43NO2.BH3O3/c2*1-2-3-4-5-6-7-8-9-10-11-12-13-14-15-16-21(17-19-22)18-20-23;2-1(3)4/h2*22-23H,2-20H2,1H3;2-4H. The molecule has 0 spiro atoms. The molecule has 0 aromatic carbocycles. The van der Waals surface area contributed by atoms with Gasteiger partial charge in [-0.25, -0.2) is 0 Å². The number of hydrogen-bond acceptors (Lipinski definition) is 9. The Balaban J connectivity index is -0.000000797. The van der Waals surface area contributed by atoms with Crippen molar-refractivity contribution in [2.24, 2.45) is 0 Å². The highest BCUT2D eigenvalue weighted by molar-refractivity contribution is 6.30. The fourth-order valence-corrected chi connectivity index (χ4v) is 6.30. The van der Waals surface area contributed by atoms with Crippen molar-refractivity contribution >= 4 is 7.32 Å². The summed E-state index contributed by atoms with van der Waals surface area (Å²) in [6.07, 6.45) is 38.7. The van der Waals surface area contributed by atoms with Gasteiger partial charge in [-0.2, -0.15) is 0 Å². The van der Waals surface area contributed by atoms with Crippen molar-refractivity contribution in [1.29, 1.82) is 0 Å². The first-order chi connectivity index (χ1) is 24.4. The number of nitrogens with zero attached hydrogens (tertiary/aromatic N) is 2. The van der Waals surface area contributed by atoms with Crippen LogP contribution in [-0.2, 0) is 0 Å². The SMILES string of the molecule is CCCCCCCCCCCCCCCCN(CCO)CCO.CCCCCCCCCCCCCCCCN(CCO)CCO.OB(O)O. The Labute approximate surface area is 311 Å². The lowest BCUT2D eigenvalue weighted by atomic mass is 10.0. The molecule has 0 saturated heterocycles. The minimum absolute atomic E-state index is 0.193. The molecule has 0 saturated carbocycles. The molecule has 0 aliphatic heterocycles. The predicted octanol–water partition coefficient (Wildman–Crippen LogP) is 7.46. The van der Waals surface area contributed by atoms with Crippen LogP contribution in [0.1, 0.15) is 194 Å². The molecule has 0 radical (unpaired) electrons. The molecule has 7 N–H and O–H groups in total. The van der Waals surface area contributed by atoms with E-state index in [0.717, 1.165) is 13.1 Å². The lowest BCUT2D eigenvalue weighted by Crippen LogP contribution is -2.30. The minimum Gasteiger partial charge on any atom is -0.402 e. The molecule has 0 aliphatic rings. The van der Waals surface area contributed by atoms with Crippen LogP contribution in [0, 0.1) is 0 Å². The first kappa shape index (κ1) is 54.1. The van der Waals surface area contributed by atoms with Gasteiger partial charge < -0.3 is 35.5 Å². The zero-order chi connectivity index (χ0) is 37.6. The molecule has 0 bridgehead atoms. The van der Waals surface area contributed by atoms with Gasteiger partial charge in [0, 0.05) is 26.2 Å². The summed E-state index contributed by atoms with van der Waals surface area (Å²) >= 11 is 0. The van der Waals surface area contributed by atoms with Crippen LogP contribution in [0.15, 0.2) is 0 Å². The second-order valence-electron chi connectivity index (χ2n) is 14.1. The Morgan fingerprint density at radius 1 is 0.280 bits per heavy atom. The van der Waals surface area contributed by atoms with Gasteiger partial charge in [-0.1, -0.05) is 181 Å². The molecule has 304 valence electrons. The van der Waals surface area contributed by atoms with E-state index in [2.05, 4.69) is 23.6 Å². The van der Waals surface area contributed by atoms with Crippen molar-refractivity contribution in [3.05, 3.63) is 0 Å². The van der Waals surface area contributed by atoms with E-state index in [4.69, 9.17) is 35.5 Å². The van der Waals surface area contributed by atoms with Gasteiger partial charge in [0.25, 0.3) is 0 Å². The molecule has 0 aromatic rings. The summed E-state index contributed by atoms with van der Waals surface area (Å²) in [7, 11) is -2.17. The Kier molecular flexibility index (Phi) is 54.9. The molecule has 10 heteroatoms. The molecule has 0 unspecified atom stereocenters. The first-order valence-electron chi connectivity index (χ1n) is 21.4. The monoisotopic (exact) mass is 721 g/mol. The van der Waals surface area contributed by atoms with E-state index in [9.17, 15) is 0 Å². The van der Waals surface area contributed by atoms with Gasteiger partial charge in [0.15, 0.2) is 0 Å². The molecular weight excluding hydrogens is 631 g/mol. The Morgan fingerprint density at radius 3 is 0.600 bits per heavy atom. The molecular formula is C40H89BN2O7. The van der Waals surface area contributed by atoms with Crippen LogP contribution in [0.3, 0.4) is 0 Å². The summed E-state index contributed by atoms with van der Waals surface area (Å²) in [6, 6.07) is 0. The topological polar surface area (TPSA) is 148 Å². The molecule has 0 atom stereocenters. The molecule has 50 heavy (non-hydrogen) atoms. The number of aliphatic hydroxyl groups excluding tert-OH is 4. The molecule has 0 heterocycles. The normalized spacial score (nSPS) is 11.1. The Hall–Kier alpha value is -0.295. The highest BCUT2D eigenvalue weighted by atomic mass is 16.5. The molecule has 9 nitrogen and oxygen atoms in total. The van der Waals surface area contributed by atoms with Crippen molar-refractivity contribution in [1.82, 2.24) is 9.80 Å². The van der Waals surface area contributed by atoms with Gasteiger partial charge in [0.05, 0.1) is 26.4 Å². The second kappa shape index (κ2) is 50.8. The largest absolute Gasteiger partial charge is 0.631 e. The summed E-state index contributed by atoms with van der Waals surface area (Å²) in [5, 5.41) is 57.3. The van der Waals surface area contributed by atoms with Crippen LogP contribution in [0.4, 0.5) is 0 Å². The third-order valence-electron chi connectivity index (χ3n) is 9.32. The van der Waals surface area contributed by atoms with Crippen molar-refractivity contribution in [3.8, 4) is 0 Å². The van der Waals surface area contributed by atoms with Gasteiger partial charge in [0.1, 0.15) is 0 Å². The number of unbranched alkanes of at least 4 members (excludes halogenated alkanes) is 26. The molecule has 0 rings (SSSR count). The zero-order valence-electron chi connectivity index (χ0n) is 33.5. The number of rotatable bonds is 38. The third-order valence-corrected chi connectivity index (χ3v) is 9.32. The van der Waals surface area contributed by atoms with Gasteiger partial charge in [-0.15, -0.1) is 0 Å². The average Bonchev–Trinajstić information content (AvgIpc) is 3.09. The number of aliphatic hydroxyl groups is 4. The van der Waals surface area contributed by atoms with Crippen LogP contribution in [0.25, 0.3) is 0 Å². The van der Waals surface area contributed by atoms with Crippen LogP contribution >= 0.6 is 0 Å². The van der Waals surface area contributed by atoms with Crippen LogP contribution in [0.5, 0.6) is 0 Å². The quantitative estimate of drug-likeness (QED) is 0.0255. The highest BCUT2D eigenvalue weighted by Gasteiger charge is 2.04. The lowest BCUT2D eigenvalue weighted by molar-refractivity contribution is 0.158. The van der Waals surface area contributed by atoms with Crippen molar-refractivity contribution in [2.45, 2.75) is 194 Å². The summed E-state index contributed by atoms with van der Waals surface area (Å²) in [5.41, 5.74) is 0. The van der Waals surface area contributed by atoms with Gasteiger partial charge in [-0.05, 0) is 25.9 Å². The molecule has 0 fully saturated rings. The summed E-state index contributed by atoms with van der Waals surface area (Å²) < 4.78 is 0. The highest BCUT2D eigenvalue weighted by Crippen LogP contribution is 2.14. The molecule has 0 aromatic heterocycles. The van der Waals surface area contributed by atoms with Gasteiger partial charge >= 0.3 is 7.32 Å². The van der Waals surface area contributed by atoms with Crippen LogP contribution in [-0.4, -0.2) is 118 Å². The fourth-order valence-electron chi connectivity index (χ4n) is 6.30. The van der Waals surface area contributed by atoms with E-state index in [-0.39, 0.29) is 26.4 Å². The van der Waals surface area contributed by atoms with Crippen molar-refractivity contribution in [3.63, 3.8) is 0 Å². The average molecular weight is 721 g/mol. The fraction of sp³-hybridized carbons (Fsp3) is 1.00. The molecule has 0 aliphatic carbocycles. The van der Waals surface area contributed by atoms with E-state index in [1.807, 2.05) is 0 Å². The van der Waals surface area contributed by atoms with Crippen molar-refractivity contribution in [2.75, 3.05) is 65.7 Å². The maximum atomic E-state index is 8.96. The smallest absolute Gasteiger partial charge is 0.402 e. The van der Waals surface area contributed by atoms with E-state index < -0.39 is 7.32 Å². The van der Waals surface area contributed by atoms with Crippen molar-refractivity contribution < 1.29 is 35.5 Å². The summed E-state index contributed by atoms with van der Waals surface area (Å²) in [6.45, 7) is 10.1. The van der Waals surface area contributed by atoms with Crippen LogP contribution < -0.4 is 0 Å². The Morgan fingerprint density at radius 2 is 0.440 bits per heavy atom. The maximum Gasteiger partial charge on any atom is 0.631 e. The van der Waals surface area contributed by atoms with Gasteiger partial charge in [-0.3, -0.25) is 9.80 Å². The zero-order valence-corrected chi connectivity index (χ0v) is 33.5. The third kappa shape index (κ3) is 54.5. The van der Waals surface area contributed by atoms with Crippen LogP contribution in [0.2, 0.25) is 0 Å². The molecule has 0 amide bonds. The second-order valence-corrected chi connectivity index (χ2v) is 14.1. The van der Waals surface area contributed by atoms with Gasteiger partial charge in [0.2, 0.25) is 0 Å². The van der Waals surface area contributed by atoms with E-state index in [1.54, 1.807) is 0 Å². The lowest BCUT2D eigenvalue weighted by Gasteiger charge is -2.19. The predicted molar refractivity (Wildman–Crippen MR) is 214 cm³/mol. The van der Waals surface area contributed by atoms with E-state index in [1.165, 1.54) is 180 Å². The first-order valence-corrected chi connectivity index (χ1v) is 21.4. The van der Waals surface area contributed by atoms with E-state index in [0.29, 0.717) is 26.2 Å².